The molecule has 0 spiro atoms. The maximum absolute atomic E-state index is 5.79. The van der Waals surface area contributed by atoms with Gasteiger partial charge in [-0.2, -0.15) is 0 Å². The van der Waals surface area contributed by atoms with Crippen molar-refractivity contribution in [1.29, 1.82) is 0 Å². The van der Waals surface area contributed by atoms with Gasteiger partial charge in [-0.15, -0.1) is 0 Å². The summed E-state index contributed by atoms with van der Waals surface area (Å²) >= 11 is 0. The fourth-order valence-electron chi connectivity index (χ4n) is 2.87. The van der Waals surface area contributed by atoms with E-state index in [4.69, 9.17) is 9.40 Å². The van der Waals surface area contributed by atoms with Crippen LogP contribution in [0.3, 0.4) is 0 Å². The van der Waals surface area contributed by atoms with Crippen molar-refractivity contribution in [2.24, 2.45) is 5.92 Å². The Bertz CT molecular complexity index is 362. The van der Waals surface area contributed by atoms with E-state index >= 15 is 0 Å². The number of hydrogen-bond acceptors (Lipinski definition) is 3. The Morgan fingerprint density at radius 1 is 1.31 bits per heavy atom. The van der Waals surface area contributed by atoms with E-state index < -0.39 is 0 Å². The number of aromatic nitrogens is 1. The summed E-state index contributed by atoms with van der Waals surface area (Å²) in [6.45, 7) is 4.32. The van der Waals surface area contributed by atoms with E-state index in [0.29, 0.717) is 5.92 Å². The summed E-state index contributed by atoms with van der Waals surface area (Å²) in [4.78, 5) is 4.72. The molecule has 0 aromatic carbocycles. The molecule has 1 aromatic heterocycles. The van der Waals surface area contributed by atoms with Crippen molar-refractivity contribution >= 4 is 0 Å². The van der Waals surface area contributed by atoms with Crippen molar-refractivity contribution in [3.05, 3.63) is 17.3 Å². The lowest BCUT2D eigenvalue weighted by molar-refractivity contribution is 0.315. The van der Waals surface area contributed by atoms with Gasteiger partial charge in [-0.3, -0.25) is 0 Å². The zero-order valence-corrected chi connectivity index (χ0v) is 9.96. The minimum absolute atomic E-state index is 0.678. The van der Waals surface area contributed by atoms with Gasteiger partial charge in [0.1, 0.15) is 5.76 Å². The molecule has 2 fully saturated rings. The summed E-state index contributed by atoms with van der Waals surface area (Å²) in [5.74, 6) is 3.45. The Morgan fingerprint density at radius 2 is 2.06 bits per heavy atom. The molecule has 1 saturated carbocycles. The van der Waals surface area contributed by atoms with Crippen molar-refractivity contribution in [1.82, 2.24) is 10.3 Å². The summed E-state index contributed by atoms with van der Waals surface area (Å²) in [7, 11) is 0. The van der Waals surface area contributed by atoms with Gasteiger partial charge in [0.2, 0.25) is 0 Å². The van der Waals surface area contributed by atoms with Gasteiger partial charge in [0.15, 0.2) is 5.89 Å². The molecule has 0 unspecified atom stereocenters. The van der Waals surface area contributed by atoms with Crippen molar-refractivity contribution in [2.45, 2.75) is 44.9 Å². The van der Waals surface area contributed by atoms with Crippen LogP contribution in [0.1, 0.15) is 48.9 Å². The fraction of sp³-hybridized carbons (Fsp3) is 0.769. The van der Waals surface area contributed by atoms with Crippen LogP contribution in [-0.4, -0.2) is 18.1 Å². The quantitative estimate of drug-likeness (QED) is 0.850. The first kappa shape index (κ1) is 10.3. The highest BCUT2D eigenvalue weighted by Crippen LogP contribution is 2.35. The number of nitrogens with zero attached hydrogens (tertiary/aromatic N) is 1. The SMILES string of the molecule is Cc1oc(CC2CNC2)nc1C1CCCC1. The maximum atomic E-state index is 5.79. The summed E-state index contributed by atoms with van der Waals surface area (Å²) in [5, 5.41) is 3.29. The normalized spacial score (nSPS) is 22.6. The van der Waals surface area contributed by atoms with E-state index in [1.54, 1.807) is 0 Å². The van der Waals surface area contributed by atoms with Crippen LogP contribution in [0.5, 0.6) is 0 Å². The topological polar surface area (TPSA) is 38.1 Å². The number of hydrogen-bond donors (Lipinski definition) is 1. The van der Waals surface area contributed by atoms with Gasteiger partial charge in [0.25, 0.3) is 0 Å². The zero-order chi connectivity index (χ0) is 11.0. The monoisotopic (exact) mass is 220 g/mol. The summed E-state index contributed by atoms with van der Waals surface area (Å²) in [5.41, 5.74) is 1.25. The van der Waals surface area contributed by atoms with Crippen molar-refractivity contribution in [2.75, 3.05) is 13.1 Å². The Kier molecular flexibility index (Phi) is 2.72. The fourth-order valence-corrected chi connectivity index (χ4v) is 2.87. The Morgan fingerprint density at radius 3 is 2.69 bits per heavy atom. The molecule has 2 aliphatic rings. The molecular weight excluding hydrogens is 200 g/mol. The molecule has 3 heteroatoms. The van der Waals surface area contributed by atoms with Crippen LogP contribution in [0, 0.1) is 12.8 Å². The van der Waals surface area contributed by atoms with E-state index in [0.717, 1.165) is 37.1 Å². The van der Waals surface area contributed by atoms with E-state index in [2.05, 4.69) is 12.2 Å². The maximum Gasteiger partial charge on any atom is 0.194 e. The number of aryl methyl sites for hydroxylation is 1. The molecule has 1 aliphatic carbocycles. The third-order valence-corrected chi connectivity index (χ3v) is 3.95. The van der Waals surface area contributed by atoms with Gasteiger partial charge < -0.3 is 9.73 Å². The van der Waals surface area contributed by atoms with Gasteiger partial charge in [-0.05, 0) is 38.8 Å². The largest absolute Gasteiger partial charge is 0.446 e. The minimum atomic E-state index is 0.678. The van der Waals surface area contributed by atoms with Gasteiger partial charge >= 0.3 is 0 Å². The van der Waals surface area contributed by atoms with Gasteiger partial charge in [0, 0.05) is 12.3 Å². The molecular formula is C13H20N2O. The van der Waals surface area contributed by atoms with E-state index in [1.165, 1.54) is 31.4 Å². The molecule has 2 heterocycles. The summed E-state index contributed by atoms with van der Waals surface area (Å²) < 4.78 is 5.79. The molecule has 88 valence electrons. The third kappa shape index (κ3) is 1.88. The lowest BCUT2D eigenvalue weighted by Crippen LogP contribution is -2.43. The second-order valence-electron chi connectivity index (χ2n) is 5.26. The molecule has 1 aromatic rings. The van der Waals surface area contributed by atoms with E-state index in [1.807, 2.05) is 0 Å². The Labute approximate surface area is 96.6 Å². The van der Waals surface area contributed by atoms with Crippen LogP contribution >= 0.6 is 0 Å². The highest BCUT2D eigenvalue weighted by molar-refractivity contribution is 5.15. The zero-order valence-electron chi connectivity index (χ0n) is 9.96. The summed E-state index contributed by atoms with van der Waals surface area (Å²) in [6.07, 6.45) is 6.34. The van der Waals surface area contributed by atoms with Crippen LogP contribution in [0.15, 0.2) is 4.42 Å². The second-order valence-corrected chi connectivity index (χ2v) is 5.26. The minimum Gasteiger partial charge on any atom is -0.446 e. The first-order chi connectivity index (χ1) is 7.83. The first-order valence-electron chi connectivity index (χ1n) is 6.50. The molecule has 0 radical (unpaired) electrons. The van der Waals surface area contributed by atoms with E-state index in [9.17, 15) is 0 Å². The molecule has 3 nitrogen and oxygen atoms in total. The summed E-state index contributed by atoms with van der Waals surface area (Å²) in [6, 6.07) is 0. The Balaban J connectivity index is 1.72. The van der Waals surface area contributed by atoms with E-state index in [-0.39, 0.29) is 0 Å². The number of nitrogens with one attached hydrogen (secondary N) is 1. The number of oxazole rings is 1. The van der Waals surface area contributed by atoms with Gasteiger partial charge in [-0.1, -0.05) is 12.8 Å². The molecule has 16 heavy (non-hydrogen) atoms. The van der Waals surface area contributed by atoms with Crippen LogP contribution in [0.4, 0.5) is 0 Å². The lowest BCUT2D eigenvalue weighted by Gasteiger charge is -2.25. The smallest absolute Gasteiger partial charge is 0.194 e. The van der Waals surface area contributed by atoms with Crippen molar-refractivity contribution in [3.8, 4) is 0 Å². The predicted octanol–water partition coefficient (Wildman–Crippen LogP) is 2.40. The highest BCUT2D eigenvalue weighted by atomic mass is 16.4. The average Bonchev–Trinajstić information content (AvgIpc) is 2.80. The molecule has 1 N–H and O–H groups in total. The predicted molar refractivity (Wildman–Crippen MR) is 62.5 cm³/mol. The van der Waals surface area contributed by atoms with Crippen LogP contribution in [0.2, 0.25) is 0 Å². The molecule has 0 atom stereocenters. The number of rotatable bonds is 3. The highest BCUT2D eigenvalue weighted by Gasteiger charge is 2.25. The first-order valence-corrected chi connectivity index (χ1v) is 6.50. The van der Waals surface area contributed by atoms with Crippen molar-refractivity contribution in [3.63, 3.8) is 0 Å². The molecule has 1 aliphatic heterocycles. The molecule has 0 amide bonds. The van der Waals surface area contributed by atoms with Gasteiger partial charge in [-0.25, -0.2) is 4.98 Å². The van der Waals surface area contributed by atoms with Crippen LogP contribution < -0.4 is 5.32 Å². The second kappa shape index (κ2) is 4.21. The molecule has 3 rings (SSSR count). The molecule has 1 saturated heterocycles. The van der Waals surface area contributed by atoms with Crippen LogP contribution in [-0.2, 0) is 6.42 Å². The van der Waals surface area contributed by atoms with Crippen LogP contribution in [0.25, 0.3) is 0 Å². The third-order valence-electron chi connectivity index (χ3n) is 3.95. The lowest BCUT2D eigenvalue weighted by atomic mass is 9.99. The molecule has 0 bridgehead atoms. The Hall–Kier alpha value is -0.830. The van der Waals surface area contributed by atoms with Crippen molar-refractivity contribution < 1.29 is 4.42 Å². The van der Waals surface area contributed by atoms with Gasteiger partial charge in [0.05, 0.1) is 5.69 Å². The standard InChI is InChI=1S/C13H20N2O/c1-9-13(11-4-2-3-5-11)15-12(16-9)6-10-7-14-8-10/h10-11,14H,2-8H2,1H3. The average molecular weight is 220 g/mol.